The lowest BCUT2D eigenvalue weighted by molar-refractivity contribution is -0.563. The topological polar surface area (TPSA) is 101 Å². The molecule has 2 N–H and O–H groups in total. The van der Waals surface area contributed by atoms with Gasteiger partial charge >= 0.3 is 0 Å². The molecule has 0 unspecified atom stereocenters. The van der Waals surface area contributed by atoms with Gasteiger partial charge in [-0.25, -0.2) is 0 Å². The summed E-state index contributed by atoms with van der Waals surface area (Å²) in [5, 5.41) is 32.0. The second kappa shape index (κ2) is 6.14. The minimum Gasteiger partial charge on any atom is -0.386 e. The van der Waals surface area contributed by atoms with Crippen molar-refractivity contribution < 1.29 is 19.9 Å². The van der Waals surface area contributed by atoms with Gasteiger partial charge in [-0.3, -0.25) is 14.9 Å². The molecule has 2 rings (SSSR count). The van der Waals surface area contributed by atoms with Crippen molar-refractivity contribution in [2.75, 3.05) is 0 Å². The number of carbonyl (C=O) groups is 1. The van der Waals surface area contributed by atoms with E-state index in [0.717, 1.165) is 0 Å². The van der Waals surface area contributed by atoms with Gasteiger partial charge in [-0.05, 0) is 19.3 Å². The summed E-state index contributed by atoms with van der Waals surface area (Å²) in [7, 11) is 0. The number of Topliss-reactive ketones (excluding diaryl/α,β-unsaturated/α-hetero) is 1. The van der Waals surface area contributed by atoms with Crippen LogP contribution in [0.4, 0.5) is 0 Å². The quantitative estimate of drug-likeness (QED) is 0.500. The first-order chi connectivity index (χ1) is 10.3. The summed E-state index contributed by atoms with van der Waals surface area (Å²) in [4.78, 5) is 23.4. The first kappa shape index (κ1) is 16.6. The van der Waals surface area contributed by atoms with Gasteiger partial charge in [0.1, 0.15) is 11.7 Å². The Kier molecular flexibility index (Phi) is 4.63. The zero-order valence-electron chi connectivity index (χ0n) is 12.7. The summed E-state index contributed by atoms with van der Waals surface area (Å²) in [6, 6.07) is 6.91. The van der Waals surface area contributed by atoms with Crippen LogP contribution in [0.1, 0.15) is 37.0 Å². The van der Waals surface area contributed by atoms with Crippen LogP contribution in [0.5, 0.6) is 0 Å². The van der Waals surface area contributed by atoms with Crippen molar-refractivity contribution in [1.82, 2.24) is 0 Å². The van der Waals surface area contributed by atoms with Gasteiger partial charge in [-0.15, -0.1) is 0 Å². The van der Waals surface area contributed by atoms with E-state index in [1.165, 1.54) is 6.92 Å². The molecule has 22 heavy (non-hydrogen) atoms. The van der Waals surface area contributed by atoms with Crippen LogP contribution in [0.25, 0.3) is 0 Å². The molecule has 1 saturated carbocycles. The zero-order chi connectivity index (χ0) is 16.5. The Labute approximate surface area is 128 Å². The van der Waals surface area contributed by atoms with Gasteiger partial charge in [0.05, 0.1) is 5.92 Å². The predicted octanol–water partition coefficient (Wildman–Crippen LogP) is 1.67. The van der Waals surface area contributed by atoms with Crippen molar-refractivity contribution in [3.63, 3.8) is 0 Å². The number of nitrogens with zero attached hydrogens (tertiary/aromatic N) is 1. The number of carbonyl (C=O) groups excluding carboxylic acids is 1. The molecule has 0 aliphatic heterocycles. The molecule has 1 aliphatic rings. The Hall–Kier alpha value is -1.79. The molecule has 5 atom stereocenters. The maximum atomic E-state index is 12.8. The lowest BCUT2D eigenvalue weighted by Gasteiger charge is -2.44. The fraction of sp³-hybridized carbons (Fsp3) is 0.562. The maximum absolute atomic E-state index is 12.8. The second-order valence-corrected chi connectivity index (χ2v) is 6.14. The third kappa shape index (κ3) is 2.76. The Morgan fingerprint density at radius 3 is 2.50 bits per heavy atom. The lowest BCUT2D eigenvalue weighted by Crippen LogP contribution is -2.63. The second-order valence-electron chi connectivity index (χ2n) is 6.14. The van der Waals surface area contributed by atoms with Crippen LogP contribution in [0.2, 0.25) is 0 Å². The van der Waals surface area contributed by atoms with E-state index in [0.29, 0.717) is 12.0 Å². The molecule has 6 heteroatoms. The maximum Gasteiger partial charge on any atom is 0.267 e. The minimum atomic E-state index is -1.89. The lowest BCUT2D eigenvalue weighted by atomic mass is 9.63. The van der Waals surface area contributed by atoms with Crippen molar-refractivity contribution >= 4 is 5.78 Å². The number of rotatable bonds is 4. The molecule has 0 amide bonds. The summed E-state index contributed by atoms with van der Waals surface area (Å²) in [5.74, 6) is -1.51. The van der Waals surface area contributed by atoms with E-state index < -0.39 is 28.6 Å². The number of hydrogen-bond donors (Lipinski definition) is 2. The molecule has 0 heterocycles. The molecule has 6 nitrogen and oxygen atoms in total. The standard InChI is InChI=1S/C16H21NO5/c1-3-10-9-12(18)15(17(21)22)16(2,20)13(10)14(19)11-7-5-4-6-8-11/h4-8,10,12-13,15,18,20H,3,9H2,1-2H3/t10-,12+,13-,15-,16+/m1/s1. The number of ketones is 1. The van der Waals surface area contributed by atoms with Crippen molar-refractivity contribution in [2.24, 2.45) is 11.8 Å². The summed E-state index contributed by atoms with van der Waals surface area (Å²) < 4.78 is 0. The summed E-state index contributed by atoms with van der Waals surface area (Å²) in [6.45, 7) is 3.14. The molecule has 0 aromatic heterocycles. The molecular weight excluding hydrogens is 286 g/mol. The van der Waals surface area contributed by atoms with Gasteiger partial charge in [0.25, 0.3) is 6.04 Å². The highest BCUT2D eigenvalue weighted by molar-refractivity contribution is 5.98. The van der Waals surface area contributed by atoms with Crippen molar-refractivity contribution in [1.29, 1.82) is 0 Å². The molecule has 1 fully saturated rings. The predicted molar refractivity (Wildman–Crippen MR) is 80.1 cm³/mol. The van der Waals surface area contributed by atoms with E-state index in [4.69, 9.17) is 0 Å². The third-order valence-electron chi connectivity index (χ3n) is 4.70. The highest BCUT2D eigenvalue weighted by Gasteiger charge is 2.60. The zero-order valence-corrected chi connectivity index (χ0v) is 12.7. The summed E-state index contributed by atoms with van der Waals surface area (Å²) in [6.07, 6.45) is -0.558. The van der Waals surface area contributed by atoms with Gasteiger partial charge in [0.15, 0.2) is 5.78 Å². The van der Waals surface area contributed by atoms with Crippen LogP contribution in [0, 0.1) is 22.0 Å². The fourth-order valence-corrected chi connectivity index (χ4v) is 3.64. The van der Waals surface area contributed by atoms with E-state index >= 15 is 0 Å². The van der Waals surface area contributed by atoms with Crippen molar-refractivity contribution in [2.45, 2.75) is 44.4 Å². The molecule has 1 aliphatic carbocycles. The van der Waals surface area contributed by atoms with E-state index in [1.807, 2.05) is 6.92 Å². The van der Waals surface area contributed by atoms with Gasteiger partial charge in [-0.2, -0.15) is 0 Å². The number of aliphatic hydroxyl groups is 2. The summed E-state index contributed by atoms with van der Waals surface area (Å²) >= 11 is 0. The Balaban J connectivity index is 2.45. The summed E-state index contributed by atoms with van der Waals surface area (Å²) in [5.41, 5.74) is -1.47. The van der Waals surface area contributed by atoms with E-state index in [1.54, 1.807) is 30.3 Å². The Bertz CT molecular complexity index is 557. The largest absolute Gasteiger partial charge is 0.386 e. The van der Waals surface area contributed by atoms with Gasteiger partial charge in [0, 0.05) is 10.5 Å². The van der Waals surface area contributed by atoms with Crippen LogP contribution >= 0.6 is 0 Å². The molecule has 1 aromatic carbocycles. The first-order valence-electron chi connectivity index (χ1n) is 7.43. The molecule has 0 radical (unpaired) electrons. The third-order valence-corrected chi connectivity index (χ3v) is 4.70. The van der Waals surface area contributed by atoms with Gasteiger partial charge < -0.3 is 10.2 Å². The molecule has 0 spiro atoms. The highest BCUT2D eigenvalue weighted by Crippen LogP contribution is 2.42. The van der Waals surface area contributed by atoms with Crippen molar-refractivity contribution in [3.8, 4) is 0 Å². The van der Waals surface area contributed by atoms with E-state index in [-0.39, 0.29) is 18.1 Å². The smallest absolute Gasteiger partial charge is 0.267 e. The monoisotopic (exact) mass is 307 g/mol. The van der Waals surface area contributed by atoms with Crippen LogP contribution in [-0.2, 0) is 0 Å². The molecule has 0 bridgehead atoms. The Morgan fingerprint density at radius 2 is 2.00 bits per heavy atom. The SMILES string of the molecule is CC[C@@H]1C[C@H](O)[C@@H]([N+](=O)[O-])[C@@](C)(O)[C@H]1C(=O)c1ccccc1. The van der Waals surface area contributed by atoms with Crippen LogP contribution < -0.4 is 0 Å². The van der Waals surface area contributed by atoms with Gasteiger partial charge in [-0.1, -0.05) is 43.7 Å². The Morgan fingerprint density at radius 1 is 1.41 bits per heavy atom. The van der Waals surface area contributed by atoms with Gasteiger partial charge in [0.2, 0.25) is 0 Å². The number of benzene rings is 1. The molecule has 1 aromatic rings. The average Bonchev–Trinajstić information content (AvgIpc) is 2.45. The van der Waals surface area contributed by atoms with E-state index in [2.05, 4.69) is 0 Å². The average molecular weight is 307 g/mol. The van der Waals surface area contributed by atoms with Crippen LogP contribution in [0.3, 0.4) is 0 Å². The number of hydrogen-bond acceptors (Lipinski definition) is 5. The van der Waals surface area contributed by atoms with Crippen LogP contribution in [-0.4, -0.2) is 38.7 Å². The first-order valence-corrected chi connectivity index (χ1v) is 7.43. The minimum absolute atomic E-state index is 0.140. The van der Waals surface area contributed by atoms with Crippen molar-refractivity contribution in [3.05, 3.63) is 46.0 Å². The molecule has 0 saturated heterocycles. The fourth-order valence-electron chi connectivity index (χ4n) is 3.64. The van der Waals surface area contributed by atoms with E-state index in [9.17, 15) is 25.1 Å². The number of aliphatic hydroxyl groups excluding tert-OH is 1. The molecule has 120 valence electrons. The molecular formula is C16H21NO5. The normalized spacial score (nSPS) is 35.1. The number of nitro groups is 1. The van der Waals surface area contributed by atoms with Crippen LogP contribution in [0.15, 0.2) is 30.3 Å². The highest BCUT2D eigenvalue weighted by atomic mass is 16.6.